The van der Waals surface area contributed by atoms with E-state index in [1.54, 1.807) is 20.8 Å². The van der Waals surface area contributed by atoms with Crippen LogP contribution in [0.4, 0.5) is 0 Å². The van der Waals surface area contributed by atoms with Crippen LogP contribution < -0.4 is 5.73 Å². The third-order valence-corrected chi connectivity index (χ3v) is 2.30. The van der Waals surface area contributed by atoms with Crippen molar-refractivity contribution in [2.24, 2.45) is 11.7 Å². The van der Waals surface area contributed by atoms with E-state index in [0.29, 0.717) is 6.42 Å². The maximum absolute atomic E-state index is 11.8. The Bertz CT molecular complexity index is 244. The average Bonchev–Trinajstić information content (AvgIpc) is 2.14. The summed E-state index contributed by atoms with van der Waals surface area (Å²) in [4.78, 5) is 11.8. The highest BCUT2D eigenvalue weighted by atomic mass is 16.6. The van der Waals surface area contributed by atoms with Crippen molar-refractivity contribution in [3.8, 4) is 0 Å². The van der Waals surface area contributed by atoms with Gasteiger partial charge < -0.3 is 15.6 Å². The zero-order valence-electron chi connectivity index (χ0n) is 11.1. The van der Waals surface area contributed by atoms with Crippen molar-refractivity contribution >= 4 is 5.97 Å². The summed E-state index contributed by atoms with van der Waals surface area (Å²) in [6, 6.07) is 0. The summed E-state index contributed by atoms with van der Waals surface area (Å²) in [5.41, 5.74) is 4.86. The van der Waals surface area contributed by atoms with Crippen LogP contribution in [-0.2, 0) is 9.53 Å². The largest absolute Gasteiger partial charge is 0.460 e. The van der Waals surface area contributed by atoms with E-state index in [-0.39, 0.29) is 0 Å². The molecule has 0 spiro atoms. The van der Waals surface area contributed by atoms with Gasteiger partial charge in [-0.3, -0.25) is 4.79 Å². The molecule has 3 N–H and O–H groups in total. The fourth-order valence-corrected chi connectivity index (χ4v) is 1.46. The minimum absolute atomic E-state index is 0.425. The van der Waals surface area contributed by atoms with Crippen molar-refractivity contribution in [3.63, 3.8) is 0 Å². The van der Waals surface area contributed by atoms with Crippen molar-refractivity contribution in [3.05, 3.63) is 12.7 Å². The molecule has 100 valence electrons. The lowest BCUT2D eigenvalue weighted by molar-refractivity contribution is -0.164. The Balaban J connectivity index is 4.22. The molecule has 0 aliphatic carbocycles. The van der Waals surface area contributed by atoms with Gasteiger partial charge in [0.2, 0.25) is 0 Å². The number of rotatable bonds is 7. The minimum Gasteiger partial charge on any atom is -0.460 e. The van der Waals surface area contributed by atoms with Crippen LogP contribution >= 0.6 is 0 Å². The predicted octanol–water partition coefficient (Wildman–Crippen LogP) is 1.97. The molecular weight excluding hydrogens is 218 g/mol. The van der Waals surface area contributed by atoms with Gasteiger partial charge in [0.25, 0.3) is 0 Å². The molecule has 0 saturated heterocycles. The molecule has 0 aromatic rings. The van der Waals surface area contributed by atoms with E-state index < -0.39 is 23.7 Å². The summed E-state index contributed by atoms with van der Waals surface area (Å²) in [7, 11) is 0. The Labute approximate surface area is 104 Å². The maximum Gasteiger partial charge on any atom is 0.313 e. The normalized spacial score (nSPS) is 15.1. The highest BCUT2D eigenvalue weighted by molar-refractivity contribution is 5.73. The average molecular weight is 243 g/mol. The molecule has 0 amide bonds. The number of esters is 1. The summed E-state index contributed by atoms with van der Waals surface area (Å²) in [5.74, 6) is -1.06. The Kier molecular flexibility index (Phi) is 7.07. The molecule has 2 atom stereocenters. The molecule has 4 nitrogen and oxygen atoms in total. The first-order valence-electron chi connectivity index (χ1n) is 6.05. The quantitative estimate of drug-likeness (QED) is 0.310. The topological polar surface area (TPSA) is 72.5 Å². The number of carbonyl (C=O) groups is 1. The molecule has 0 fully saturated rings. The molecule has 0 aromatic carbocycles. The van der Waals surface area contributed by atoms with Crippen LogP contribution in [0.1, 0.15) is 46.5 Å². The predicted molar refractivity (Wildman–Crippen MR) is 68.2 cm³/mol. The van der Waals surface area contributed by atoms with Gasteiger partial charge in [0.1, 0.15) is 11.8 Å². The van der Waals surface area contributed by atoms with Crippen LogP contribution in [0, 0.1) is 5.92 Å². The highest BCUT2D eigenvalue weighted by Crippen LogP contribution is 2.18. The van der Waals surface area contributed by atoms with Crippen molar-refractivity contribution in [2.45, 2.75) is 58.3 Å². The van der Waals surface area contributed by atoms with Crippen molar-refractivity contribution in [1.82, 2.24) is 0 Å². The number of carbonyl (C=O) groups excluding carboxylic acids is 1. The summed E-state index contributed by atoms with van der Waals surface area (Å²) in [6.07, 6.45) is 3.89. The number of hydrogen-bond acceptors (Lipinski definition) is 4. The highest BCUT2D eigenvalue weighted by Gasteiger charge is 2.28. The SMILES string of the molecule is C=CCCCCC(C(=O)OC(C)(C)C)C(N)O. The van der Waals surface area contributed by atoms with Gasteiger partial charge in [-0.25, -0.2) is 0 Å². The maximum atomic E-state index is 11.8. The van der Waals surface area contributed by atoms with Crippen LogP contribution in [0.2, 0.25) is 0 Å². The molecule has 4 heteroatoms. The lowest BCUT2D eigenvalue weighted by atomic mass is 9.99. The molecule has 0 radical (unpaired) electrons. The number of unbranched alkanes of at least 4 members (excludes halogenated alkanes) is 2. The molecule has 0 aliphatic rings. The molecule has 0 saturated carbocycles. The fraction of sp³-hybridized carbons (Fsp3) is 0.769. The molecule has 2 unspecified atom stereocenters. The number of allylic oxidation sites excluding steroid dienone is 1. The molecule has 0 rings (SSSR count). The number of aliphatic hydroxyl groups excluding tert-OH is 1. The molecule has 17 heavy (non-hydrogen) atoms. The third-order valence-electron chi connectivity index (χ3n) is 2.30. The molecular formula is C13H25NO3. The van der Waals surface area contributed by atoms with Gasteiger partial charge >= 0.3 is 5.97 Å². The second-order valence-corrected chi connectivity index (χ2v) is 5.20. The van der Waals surface area contributed by atoms with Gasteiger partial charge in [0.05, 0.1) is 5.92 Å². The summed E-state index contributed by atoms with van der Waals surface area (Å²) in [6.45, 7) is 9.01. The number of aliphatic hydroxyl groups is 1. The number of nitrogens with two attached hydrogens (primary N) is 1. The second kappa shape index (κ2) is 7.45. The Morgan fingerprint density at radius 3 is 2.47 bits per heavy atom. The third kappa shape index (κ3) is 7.94. The lowest BCUT2D eigenvalue weighted by Crippen LogP contribution is -2.39. The second-order valence-electron chi connectivity index (χ2n) is 5.20. The minimum atomic E-state index is -1.16. The zero-order chi connectivity index (χ0) is 13.5. The monoisotopic (exact) mass is 243 g/mol. The molecule has 0 bridgehead atoms. The van der Waals surface area contributed by atoms with Gasteiger partial charge in [0.15, 0.2) is 0 Å². The standard InChI is InChI=1S/C13H25NO3/c1-5-6-7-8-9-10(11(14)15)12(16)17-13(2,3)4/h5,10-11,15H,1,6-9,14H2,2-4H3. The number of hydrogen-bond donors (Lipinski definition) is 2. The van der Waals surface area contributed by atoms with Crippen molar-refractivity contribution in [2.75, 3.05) is 0 Å². The fourth-order valence-electron chi connectivity index (χ4n) is 1.46. The van der Waals surface area contributed by atoms with Gasteiger partial charge in [-0.1, -0.05) is 12.5 Å². The van der Waals surface area contributed by atoms with Crippen LogP contribution in [0.25, 0.3) is 0 Å². The van der Waals surface area contributed by atoms with Crippen molar-refractivity contribution < 1.29 is 14.6 Å². The lowest BCUT2D eigenvalue weighted by Gasteiger charge is -2.25. The van der Waals surface area contributed by atoms with E-state index in [0.717, 1.165) is 19.3 Å². The van der Waals surface area contributed by atoms with E-state index >= 15 is 0 Å². The number of ether oxygens (including phenoxy) is 1. The Morgan fingerprint density at radius 1 is 1.47 bits per heavy atom. The van der Waals surface area contributed by atoms with E-state index in [1.165, 1.54) is 0 Å². The smallest absolute Gasteiger partial charge is 0.313 e. The zero-order valence-corrected chi connectivity index (χ0v) is 11.1. The van der Waals surface area contributed by atoms with Crippen LogP contribution in [-0.4, -0.2) is 22.9 Å². The van der Waals surface area contributed by atoms with E-state index in [9.17, 15) is 9.90 Å². The van der Waals surface area contributed by atoms with Crippen LogP contribution in [0.15, 0.2) is 12.7 Å². The van der Waals surface area contributed by atoms with E-state index in [4.69, 9.17) is 10.5 Å². The summed E-state index contributed by atoms with van der Waals surface area (Å²) >= 11 is 0. The van der Waals surface area contributed by atoms with Gasteiger partial charge in [-0.15, -0.1) is 6.58 Å². The van der Waals surface area contributed by atoms with Crippen molar-refractivity contribution in [1.29, 1.82) is 0 Å². The Morgan fingerprint density at radius 2 is 2.06 bits per heavy atom. The summed E-state index contributed by atoms with van der Waals surface area (Å²) in [5, 5.41) is 9.39. The first-order valence-corrected chi connectivity index (χ1v) is 6.05. The molecule has 0 heterocycles. The van der Waals surface area contributed by atoms with Crippen LogP contribution in [0.3, 0.4) is 0 Å². The van der Waals surface area contributed by atoms with Gasteiger partial charge in [-0.2, -0.15) is 0 Å². The molecule has 0 aliphatic heterocycles. The Hall–Kier alpha value is -0.870. The van der Waals surface area contributed by atoms with E-state index in [1.807, 2.05) is 6.08 Å². The first-order chi connectivity index (χ1) is 7.78. The van der Waals surface area contributed by atoms with Crippen LogP contribution in [0.5, 0.6) is 0 Å². The first kappa shape index (κ1) is 16.1. The van der Waals surface area contributed by atoms with Gasteiger partial charge in [-0.05, 0) is 40.0 Å². The summed E-state index contributed by atoms with van der Waals surface area (Å²) < 4.78 is 5.22. The van der Waals surface area contributed by atoms with Gasteiger partial charge in [0, 0.05) is 0 Å². The molecule has 0 aromatic heterocycles. The van der Waals surface area contributed by atoms with E-state index in [2.05, 4.69) is 6.58 Å².